The van der Waals surface area contributed by atoms with E-state index in [-0.39, 0.29) is 5.97 Å². The number of nitrogens with two attached hydrogens (primary N) is 1. The van der Waals surface area contributed by atoms with Gasteiger partial charge in [0.15, 0.2) is 5.76 Å². The largest absolute Gasteiger partial charge is 0.414 e. The average molecular weight is 284 g/mol. The van der Waals surface area contributed by atoms with Crippen molar-refractivity contribution in [2.24, 2.45) is 0 Å². The van der Waals surface area contributed by atoms with E-state index < -0.39 is 0 Å². The van der Waals surface area contributed by atoms with Crippen LogP contribution >= 0.6 is 11.6 Å². The van der Waals surface area contributed by atoms with Gasteiger partial charge < -0.3 is 10.5 Å². The minimum atomic E-state index is -0.365. The predicted octanol–water partition coefficient (Wildman–Crippen LogP) is 3.75. The quantitative estimate of drug-likeness (QED) is 0.493. The summed E-state index contributed by atoms with van der Waals surface area (Å²) in [6.07, 6.45) is 1.66. The van der Waals surface area contributed by atoms with Gasteiger partial charge in [0.25, 0.3) is 0 Å². The van der Waals surface area contributed by atoms with Gasteiger partial charge in [-0.2, -0.15) is 0 Å². The van der Waals surface area contributed by atoms with Crippen LogP contribution in [0.25, 0.3) is 11.8 Å². The van der Waals surface area contributed by atoms with Gasteiger partial charge in [-0.15, -0.1) is 0 Å². The van der Waals surface area contributed by atoms with Crippen molar-refractivity contribution in [2.45, 2.75) is 0 Å². The summed E-state index contributed by atoms with van der Waals surface area (Å²) in [7, 11) is 0. The van der Waals surface area contributed by atoms with E-state index in [0.717, 1.165) is 11.1 Å². The fourth-order valence-corrected chi connectivity index (χ4v) is 2.16. The molecule has 0 saturated carbocycles. The zero-order valence-electron chi connectivity index (χ0n) is 10.4. The molecule has 20 heavy (non-hydrogen) atoms. The Morgan fingerprint density at radius 2 is 1.90 bits per heavy atom. The molecule has 1 heterocycles. The van der Waals surface area contributed by atoms with Gasteiger partial charge in [-0.1, -0.05) is 29.5 Å². The summed E-state index contributed by atoms with van der Waals surface area (Å²) in [5.74, 6) is 0.0283. The molecule has 2 N–H and O–H groups in total. The Hall–Kier alpha value is -2.48. The average Bonchev–Trinajstić information content (AvgIpc) is 2.77. The van der Waals surface area contributed by atoms with Crippen LogP contribution in [0, 0.1) is 0 Å². The third-order valence-corrected chi connectivity index (χ3v) is 3.23. The van der Waals surface area contributed by atoms with Crippen LogP contribution in [0.2, 0.25) is 5.02 Å². The molecule has 2 aromatic rings. The number of halogens is 1. The smallest absolute Gasteiger partial charge is 0.344 e. The molecule has 3 rings (SSSR count). The maximum absolute atomic E-state index is 11.7. The number of anilines is 1. The number of carbonyl (C=O) groups is 1. The van der Waals surface area contributed by atoms with Gasteiger partial charge in [0, 0.05) is 21.8 Å². The highest BCUT2D eigenvalue weighted by Gasteiger charge is 2.25. The molecular formula is C16H10ClNO2. The number of nitrogen functional groups attached to an aromatic ring is 1. The first-order chi connectivity index (χ1) is 9.65. The lowest BCUT2D eigenvalue weighted by Gasteiger charge is -1.99. The van der Waals surface area contributed by atoms with Crippen molar-refractivity contribution >= 4 is 35.1 Å². The van der Waals surface area contributed by atoms with E-state index in [0.29, 0.717) is 22.0 Å². The fourth-order valence-electron chi connectivity index (χ4n) is 1.98. The highest BCUT2D eigenvalue weighted by molar-refractivity contribution is 6.30. The number of hydrogen-bond acceptors (Lipinski definition) is 3. The monoisotopic (exact) mass is 283 g/mol. The van der Waals surface area contributed by atoms with E-state index in [9.17, 15) is 4.79 Å². The second-order valence-corrected chi connectivity index (χ2v) is 4.76. The second kappa shape index (κ2) is 4.89. The van der Waals surface area contributed by atoms with E-state index in [1.54, 1.807) is 36.4 Å². The van der Waals surface area contributed by atoms with E-state index in [1.165, 1.54) is 0 Å². The number of benzene rings is 2. The number of rotatable bonds is 1. The molecule has 98 valence electrons. The molecule has 0 fully saturated rings. The zero-order valence-corrected chi connectivity index (χ0v) is 11.1. The molecule has 0 atom stereocenters. The topological polar surface area (TPSA) is 52.3 Å². The SMILES string of the molecule is Nc1ccc(Cl)cc1C=C=C1OC(=O)c2ccccc21. The first kappa shape index (κ1) is 12.5. The standard InChI is InChI=1S/C16H10ClNO2/c17-11-6-7-14(18)10(9-11)5-8-15-12-3-1-2-4-13(12)16(19)20-15/h1-7,9H,18H2. The summed E-state index contributed by atoms with van der Waals surface area (Å²) < 4.78 is 5.19. The van der Waals surface area contributed by atoms with Crippen LogP contribution in [0.1, 0.15) is 21.5 Å². The third-order valence-electron chi connectivity index (χ3n) is 2.99. The van der Waals surface area contributed by atoms with E-state index in [2.05, 4.69) is 5.73 Å². The third kappa shape index (κ3) is 2.21. The molecule has 1 aliphatic rings. The molecule has 0 radical (unpaired) electrons. The summed E-state index contributed by atoms with van der Waals surface area (Å²) in [6, 6.07) is 12.3. The van der Waals surface area contributed by atoms with Gasteiger partial charge in [-0.3, -0.25) is 0 Å². The summed E-state index contributed by atoms with van der Waals surface area (Å²) in [6.45, 7) is 0. The normalized spacial score (nSPS) is 12.7. The van der Waals surface area contributed by atoms with Gasteiger partial charge in [-0.25, -0.2) is 4.79 Å². The molecule has 0 spiro atoms. The molecular weight excluding hydrogens is 274 g/mol. The minimum absolute atomic E-state index is 0.365. The Balaban J connectivity index is 2.08. The summed E-state index contributed by atoms with van der Waals surface area (Å²) >= 11 is 5.92. The second-order valence-electron chi connectivity index (χ2n) is 4.33. The Morgan fingerprint density at radius 3 is 2.70 bits per heavy atom. The van der Waals surface area contributed by atoms with Crippen molar-refractivity contribution in [3.63, 3.8) is 0 Å². The van der Waals surface area contributed by atoms with Crippen LogP contribution in [0.4, 0.5) is 5.69 Å². The van der Waals surface area contributed by atoms with Crippen LogP contribution in [0.3, 0.4) is 0 Å². The number of cyclic esters (lactones) is 1. The first-order valence-electron chi connectivity index (χ1n) is 5.98. The molecule has 0 bridgehead atoms. The number of esters is 1. The van der Waals surface area contributed by atoms with Crippen LogP contribution in [0.15, 0.2) is 48.2 Å². The van der Waals surface area contributed by atoms with Crippen LogP contribution in [-0.2, 0) is 4.74 Å². The highest BCUT2D eigenvalue weighted by Crippen LogP contribution is 2.29. The molecule has 0 unspecified atom stereocenters. The molecule has 1 aliphatic heterocycles. The molecule has 0 aromatic heterocycles. The fraction of sp³-hybridized carbons (Fsp3) is 0. The number of carbonyl (C=O) groups excluding carboxylic acids is 1. The maximum Gasteiger partial charge on any atom is 0.344 e. The van der Waals surface area contributed by atoms with Gasteiger partial charge in [-0.05, 0) is 36.4 Å². The van der Waals surface area contributed by atoms with Crippen molar-refractivity contribution < 1.29 is 9.53 Å². The summed E-state index contributed by atoms with van der Waals surface area (Å²) in [5, 5.41) is 0.584. The van der Waals surface area contributed by atoms with Crippen molar-refractivity contribution in [3.8, 4) is 0 Å². The van der Waals surface area contributed by atoms with Crippen LogP contribution in [-0.4, -0.2) is 5.97 Å². The van der Waals surface area contributed by atoms with E-state index >= 15 is 0 Å². The van der Waals surface area contributed by atoms with Gasteiger partial charge >= 0.3 is 5.97 Å². The number of fused-ring (bicyclic) bond motifs is 1. The van der Waals surface area contributed by atoms with Crippen molar-refractivity contribution in [1.29, 1.82) is 0 Å². The van der Waals surface area contributed by atoms with Gasteiger partial charge in [0.2, 0.25) is 0 Å². The summed E-state index contributed by atoms with van der Waals surface area (Å²) in [5.41, 5.74) is 11.4. The lowest BCUT2D eigenvalue weighted by atomic mass is 10.1. The zero-order chi connectivity index (χ0) is 14.1. The molecule has 2 aromatic carbocycles. The Bertz CT molecular complexity index is 774. The molecule has 0 aliphatic carbocycles. The van der Waals surface area contributed by atoms with E-state index in [4.69, 9.17) is 22.1 Å². The molecule has 0 saturated heterocycles. The molecule has 4 heteroatoms. The predicted molar refractivity (Wildman–Crippen MR) is 79.1 cm³/mol. The van der Waals surface area contributed by atoms with Crippen molar-refractivity contribution in [3.05, 3.63) is 69.9 Å². The number of hydrogen-bond donors (Lipinski definition) is 1. The maximum atomic E-state index is 11.7. The Kier molecular flexibility index (Phi) is 3.07. The number of ether oxygens (including phenoxy) is 1. The lowest BCUT2D eigenvalue weighted by Crippen LogP contribution is -1.92. The highest BCUT2D eigenvalue weighted by atomic mass is 35.5. The van der Waals surface area contributed by atoms with E-state index in [1.807, 2.05) is 12.1 Å². The summed E-state index contributed by atoms with van der Waals surface area (Å²) in [4.78, 5) is 11.7. The van der Waals surface area contributed by atoms with Gasteiger partial charge in [0.05, 0.1) is 5.56 Å². The Morgan fingerprint density at radius 1 is 1.15 bits per heavy atom. The van der Waals surface area contributed by atoms with Crippen molar-refractivity contribution in [2.75, 3.05) is 5.73 Å². The lowest BCUT2D eigenvalue weighted by molar-refractivity contribution is 0.0716. The minimum Gasteiger partial charge on any atom is -0.414 e. The first-order valence-corrected chi connectivity index (χ1v) is 6.36. The molecule has 3 nitrogen and oxygen atoms in total. The van der Waals surface area contributed by atoms with Crippen LogP contribution in [0.5, 0.6) is 0 Å². The molecule has 0 amide bonds. The van der Waals surface area contributed by atoms with Crippen LogP contribution < -0.4 is 5.73 Å². The Labute approximate surface area is 120 Å². The van der Waals surface area contributed by atoms with Crippen molar-refractivity contribution in [1.82, 2.24) is 0 Å². The van der Waals surface area contributed by atoms with Gasteiger partial charge in [0.1, 0.15) is 0 Å².